The highest BCUT2D eigenvalue weighted by Crippen LogP contribution is 2.10. The molecule has 26 heavy (non-hydrogen) atoms. The Bertz CT molecular complexity index is 639. The summed E-state index contributed by atoms with van der Waals surface area (Å²) in [6.45, 7) is 4.79. The third kappa shape index (κ3) is 6.31. The Morgan fingerprint density at radius 3 is 1.31 bits per heavy atom. The number of carbonyl (C=O) groups excluding carboxylic acids is 2. The maximum absolute atomic E-state index is 11.9. The summed E-state index contributed by atoms with van der Waals surface area (Å²) in [5.41, 5.74) is 0.864. The summed E-state index contributed by atoms with van der Waals surface area (Å²) < 4.78 is 21.3. The zero-order valence-electron chi connectivity index (χ0n) is 15.0. The van der Waals surface area contributed by atoms with Gasteiger partial charge in [0.2, 0.25) is 12.6 Å². The van der Waals surface area contributed by atoms with Crippen molar-refractivity contribution in [2.75, 3.05) is 0 Å². The lowest BCUT2D eigenvalue weighted by atomic mass is 10.2. The van der Waals surface area contributed by atoms with Crippen LogP contribution in [0.15, 0.2) is 60.7 Å². The second kappa shape index (κ2) is 9.70. The molecule has 0 saturated heterocycles. The molecule has 6 nitrogen and oxygen atoms in total. The molecular weight excluding hydrogens is 336 g/mol. The Balaban J connectivity index is 1.75. The Hall–Kier alpha value is -2.70. The average molecular weight is 358 g/mol. The van der Waals surface area contributed by atoms with Crippen molar-refractivity contribution in [2.45, 2.75) is 39.6 Å². The van der Waals surface area contributed by atoms with Crippen LogP contribution < -0.4 is 0 Å². The number of ether oxygens (including phenoxy) is 4. The second-order valence-corrected chi connectivity index (χ2v) is 5.52. The molecule has 2 unspecified atom stereocenters. The molecule has 0 aliphatic heterocycles. The number of benzene rings is 2. The Kier molecular flexibility index (Phi) is 7.32. The molecule has 2 atom stereocenters. The lowest BCUT2D eigenvalue weighted by Crippen LogP contribution is -2.29. The fourth-order valence-electron chi connectivity index (χ4n) is 2.21. The first-order chi connectivity index (χ1) is 12.5. The number of hydrogen-bond acceptors (Lipinski definition) is 6. The quantitative estimate of drug-likeness (QED) is 0.528. The maximum atomic E-state index is 11.9. The summed E-state index contributed by atoms with van der Waals surface area (Å²) in [4.78, 5) is 23.9. The van der Waals surface area contributed by atoms with Crippen molar-refractivity contribution in [3.8, 4) is 0 Å². The molecular formula is C20H22O6. The molecule has 0 aliphatic carbocycles. The van der Waals surface area contributed by atoms with Crippen molar-refractivity contribution in [2.24, 2.45) is 0 Å². The summed E-state index contributed by atoms with van der Waals surface area (Å²) in [6, 6.07) is 17.2. The van der Waals surface area contributed by atoms with Gasteiger partial charge in [0.15, 0.2) is 6.29 Å². The topological polar surface area (TPSA) is 71.1 Å². The van der Waals surface area contributed by atoms with E-state index >= 15 is 0 Å². The van der Waals surface area contributed by atoms with Gasteiger partial charge in [-0.05, 0) is 45.0 Å². The van der Waals surface area contributed by atoms with Crippen LogP contribution in [0.5, 0.6) is 0 Å². The molecule has 0 aromatic heterocycles. The first kappa shape index (κ1) is 19.6. The minimum atomic E-state index is -0.824. The third-order valence-corrected chi connectivity index (χ3v) is 3.33. The molecule has 0 amide bonds. The molecule has 0 saturated carbocycles. The first-order valence-corrected chi connectivity index (χ1v) is 8.28. The van der Waals surface area contributed by atoms with Gasteiger partial charge in [0, 0.05) is 0 Å². The zero-order valence-corrected chi connectivity index (χ0v) is 15.0. The minimum Gasteiger partial charge on any atom is -0.432 e. The van der Waals surface area contributed by atoms with Gasteiger partial charge in [0.1, 0.15) is 0 Å². The third-order valence-electron chi connectivity index (χ3n) is 3.33. The van der Waals surface area contributed by atoms with Crippen LogP contribution in [0.2, 0.25) is 0 Å². The largest absolute Gasteiger partial charge is 0.432 e. The van der Waals surface area contributed by atoms with E-state index in [2.05, 4.69) is 0 Å². The van der Waals surface area contributed by atoms with Gasteiger partial charge in [0.05, 0.1) is 11.1 Å². The molecule has 0 spiro atoms. The van der Waals surface area contributed by atoms with E-state index in [4.69, 9.17) is 18.9 Å². The summed E-state index contributed by atoms with van der Waals surface area (Å²) in [6.07, 6.45) is -2.39. The highest BCUT2D eigenvalue weighted by molar-refractivity contribution is 5.89. The van der Waals surface area contributed by atoms with E-state index in [1.165, 1.54) is 0 Å². The van der Waals surface area contributed by atoms with Crippen LogP contribution in [0.4, 0.5) is 0 Å². The van der Waals surface area contributed by atoms with E-state index in [1.807, 2.05) is 12.1 Å². The van der Waals surface area contributed by atoms with Crippen LogP contribution in [0, 0.1) is 0 Å². The number of rotatable bonds is 8. The second-order valence-electron chi connectivity index (χ2n) is 5.52. The van der Waals surface area contributed by atoms with Crippen molar-refractivity contribution < 1.29 is 28.5 Å². The lowest BCUT2D eigenvalue weighted by molar-refractivity contribution is -0.258. The summed E-state index contributed by atoms with van der Waals surface area (Å²) >= 11 is 0. The number of esters is 2. The van der Waals surface area contributed by atoms with E-state index in [-0.39, 0.29) is 0 Å². The minimum absolute atomic E-state index is 0.432. The molecule has 0 N–H and O–H groups in total. The fraction of sp³-hybridized carbons (Fsp3) is 0.300. The normalized spacial score (nSPS) is 14.1. The van der Waals surface area contributed by atoms with Crippen molar-refractivity contribution in [1.29, 1.82) is 0 Å². The van der Waals surface area contributed by atoms with Gasteiger partial charge in [-0.3, -0.25) is 0 Å². The number of hydrogen-bond donors (Lipinski definition) is 0. The summed E-state index contributed by atoms with van der Waals surface area (Å²) in [5.74, 6) is -0.984. The standard InChI is InChI=1S/C20H22O6/c1-14(23-15(2)25-19(21)17-10-6-4-7-11-17)24-16(3)26-20(22)18-12-8-5-9-13-18/h4-16H,1-3H3. The molecule has 2 rings (SSSR count). The summed E-state index contributed by atoms with van der Waals surface area (Å²) in [7, 11) is 0. The summed E-state index contributed by atoms with van der Waals surface area (Å²) in [5, 5.41) is 0. The SMILES string of the molecule is CC(OC(=O)c1ccccc1)OC(C)OC(C)OC(=O)c1ccccc1. The van der Waals surface area contributed by atoms with Gasteiger partial charge >= 0.3 is 11.9 Å². The molecule has 138 valence electrons. The molecule has 0 heterocycles. The smallest absolute Gasteiger partial charge is 0.340 e. The maximum Gasteiger partial charge on any atom is 0.340 e. The van der Waals surface area contributed by atoms with Crippen molar-refractivity contribution >= 4 is 11.9 Å². The Morgan fingerprint density at radius 1 is 0.615 bits per heavy atom. The zero-order chi connectivity index (χ0) is 18.9. The van der Waals surface area contributed by atoms with E-state index in [0.29, 0.717) is 11.1 Å². The van der Waals surface area contributed by atoms with E-state index in [0.717, 1.165) is 0 Å². The molecule has 0 fully saturated rings. The molecule has 0 bridgehead atoms. The van der Waals surface area contributed by atoms with Gasteiger partial charge < -0.3 is 18.9 Å². The van der Waals surface area contributed by atoms with Crippen LogP contribution in [0.25, 0.3) is 0 Å². The predicted octanol–water partition coefficient (Wildman–Crippen LogP) is 3.77. The van der Waals surface area contributed by atoms with Gasteiger partial charge in [-0.2, -0.15) is 0 Å². The fourth-order valence-corrected chi connectivity index (χ4v) is 2.21. The molecule has 2 aromatic carbocycles. The highest BCUT2D eigenvalue weighted by Gasteiger charge is 2.19. The van der Waals surface area contributed by atoms with Gasteiger partial charge in [0.25, 0.3) is 0 Å². The molecule has 0 radical (unpaired) electrons. The molecule has 6 heteroatoms. The highest BCUT2D eigenvalue weighted by atomic mass is 16.8. The lowest BCUT2D eigenvalue weighted by Gasteiger charge is -2.22. The van der Waals surface area contributed by atoms with Crippen LogP contribution in [0.3, 0.4) is 0 Å². The molecule has 0 aliphatic rings. The van der Waals surface area contributed by atoms with E-state index in [9.17, 15) is 9.59 Å². The van der Waals surface area contributed by atoms with Crippen LogP contribution in [0.1, 0.15) is 41.5 Å². The molecule has 2 aromatic rings. The van der Waals surface area contributed by atoms with Gasteiger partial charge in [-0.1, -0.05) is 36.4 Å². The van der Waals surface area contributed by atoms with Crippen LogP contribution in [-0.4, -0.2) is 30.8 Å². The van der Waals surface area contributed by atoms with Crippen LogP contribution >= 0.6 is 0 Å². The van der Waals surface area contributed by atoms with E-state index in [1.54, 1.807) is 69.3 Å². The predicted molar refractivity (Wildman–Crippen MR) is 94.3 cm³/mol. The Labute approximate surface area is 152 Å². The van der Waals surface area contributed by atoms with Crippen molar-refractivity contribution in [3.05, 3.63) is 71.8 Å². The number of carbonyl (C=O) groups is 2. The van der Waals surface area contributed by atoms with Gasteiger partial charge in [-0.15, -0.1) is 0 Å². The van der Waals surface area contributed by atoms with Gasteiger partial charge in [-0.25, -0.2) is 9.59 Å². The van der Waals surface area contributed by atoms with E-state index < -0.39 is 30.8 Å². The average Bonchev–Trinajstić information content (AvgIpc) is 2.62. The monoisotopic (exact) mass is 358 g/mol. The Morgan fingerprint density at radius 2 is 0.962 bits per heavy atom. The van der Waals surface area contributed by atoms with Crippen molar-refractivity contribution in [3.63, 3.8) is 0 Å². The first-order valence-electron chi connectivity index (χ1n) is 8.28. The van der Waals surface area contributed by atoms with Crippen molar-refractivity contribution in [1.82, 2.24) is 0 Å². The van der Waals surface area contributed by atoms with Crippen LogP contribution in [-0.2, 0) is 18.9 Å².